The third kappa shape index (κ3) is 566. The van der Waals surface area contributed by atoms with E-state index in [-0.39, 0.29) is 227 Å². The minimum atomic E-state index is 0. The fourth-order valence-electron chi connectivity index (χ4n) is 0. The van der Waals surface area contributed by atoms with E-state index in [2.05, 4.69) is 75.8 Å². The van der Waals surface area contributed by atoms with Crippen LogP contribution in [0.5, 0.6) is 0 Å². The summed E-state index contributed by atoms with van der Waals surface area (Å²) >= 11 is 22.2. The Kier molecular flexibility index (Phi) is 384. The van der Waals surface area contributed by atoms with E-state index in [0.29, 0.717) is 0 Å². The SMILES string of the molecule is N#C[S-].N#C[S-].N#C[S-].N#C[S-].N#C[S-].N#C[S-].[Cs+].[Cs+].[Cs+].[Ir+3]. The molecular weight excluding hydrogens is 939 g/mol. The molecule has 0 N–H and O–H groups in total. The Morgan fingerprint density at radius 3 is 0.364 bits per heavy atom. The van der Waals surface area contributed by atoms with Gasteiger partial charge in [0.15, 0.2) is 0 Å². The van der Waals surface area contributed by atoms with Gasteiger partial charge in [-0.15, -0.1) is 0 Å². The van der Waals surface area contributed by atoms with E-state index in [0.717, 1.165) is 0 Å². The fourth-order valence-corrected chi connectivity index (χ4v) is 0. The molecule has 102 valence electrons. The van der Waals surface area contributed by atoms with Gasteiger partial charge < -0.3 is 75.8 Å². The summed E-state index contributed by atoms with van der Waals surface area (Å²) in [6.45, 7) is 0. The van der Waals surface area contributed by atoms with E-state index in [9.17, 15) is 0 Å². The molecule has 0 spiro atoms. The summed E-state index contributed by atoms with van der Waals surface area (Å²) in [6, 6.07) is 0. The van der Waals surface area contributed by atoms with Crippen molar-refractivity contribution >= 4 is 75.8 Å². The molecule has 0 amide bonds. The van der Waals surface area contributed by atoms with Gasteiger partial charge in [-0.2, -0.15) is 0 Å². The van der Waals surface area contributed by atoms with E-state index >= 15 is 0 Å². The number of hydrogen-bond donors (Lipinski definition) is 0. The molecule has 16 heteroatoms. The van der Waals surface area contributed by atoms with E-state index in [1.165, 1.54) is 32.4 Å². The molecule has 0 atom stereocenters. The predicted molar refractivity (Wildman–Crippen MR) is 77.9 cm³/mol. The predicted octanol–water partition coefficient (Wildman–Crippen LogP) is -8.90. The number of rotatable bonds is 0. The van der Waals surface area contributed by atoms with Crippen molar-refractivity contribution in [3.63, 3.8) is 0 Å². The Bertz CT molecular complexity index is 269. The van der Waals surface area contributed by atoms with Gasteiger partial charge >= 0.3 is 227 Å². The van der Waals surface area contributed by atoms with Gasteiger partial charge in [0, 0.05) is 0 Å². The van der Waals surface area contributed by atoms with E-state index in [1.54, 1.807) is 0 Å². The van der Waals surface area contributed by atoms with Crippen LogP contribution in [0.1, 0.15) is 0 Å². The first-order chi connectivity index (χ1) is 8.49. The second-order valence-electron chi connectivity index (χ2n) is 0.548. The van der Waals surface area contributed by atoms with Gasteiger partial charge in [-0.25, -0.2) is 31.6 Å². The molecule has 0 aromatic carbocycles. The summed E-state index contributed by atoms with van der Waals surface area (Å²) in [5, 5.41) is 50.8. The molecule has 0 saturated carbocycles. The second-order valence-corrected chi connectivity index (χ2v) is 1.64. The number of nitrogens with zero attached hydrogens (tertiary/aromatic N) is 6. The van der Waals surface area contributed by atoms with Gasteiger partial charge in [-0.3, -0.25) is 0 Å². The summed E-state index contributed by atoms with van der Waals surface area (Å²) in [4.78, 5) is 0. The monoisotopic (exact) mass is 940 g/mol. The molecule has 0 aliphatic rings. The normalized spacial score (nSPS) is 1.91. The van der Waals surface area contributed by atoms with Crippen molar-refractivity contribution in [2.75, 3.05) is 0 Å². The molecular formula is C6Cs3IrN6S6. The molecule has 0 aliphatic carbocycles. The minimum Gasteiger partial charge on any atom is -0.696 e. The van der Waals surface area contributed by atoms with Crippen LogP contribution in [0, 0.1) is 64.0 Å². The first-order valence-corrected chi connectivity index (χ1v) is 5.02. The Morgan fingerprint density at radius 1 is 0.364 bits per heavy atom. The Morgan fingerprint density at radius 2 is 0.364 bits per heavy atom. The average Bonchev–Trinajstić information content (AvgIpc) is 2.23. The fraction of sp³-hybridized carbons (Fsp3) is 0. The van der Waals surface area contributed by atoms with Crippen molar-refractivity contribution in [2.45, 2.75) is 0 Å². The quantitative estimate of drug-likeness (QED) is 0.168. The van der Waals surface area contributed by atoms with Crippen LogP contribution in [0.15, 0.2) is 0 Å². The molecule has 22 heavy (non-hydrogen) atoms. The van der Waals surface area contributed by atoms with Crippen LogP contribution >= 0.6 is 0 Å². The molecule has 0 aliphatic heterocycles. The summed E-state index contributed by atoms with van der Waals surface area (Å²) in [5.41, 5.74) is 0. The summed E-state index contributed by atoms with van der Waals surface area (Å²) in [5.74, 6) is 0. The summed E-state index contributed by atoms with van der Waals surface area (Å²) < 4.78 is 0. The van der Waals surface area contributed by atoms with Gasteiger partial charge in [0.1, 0.15) is 0 Å². The van der Waals surface area contributed by atoms with Crippen molar-refractivity contribution in [3.8, 4) is 32.4 Å². The van der Waals surface area contributed by atoms with Crippen molar-refractivity contribution in [2.24, 2.45) is 0 Å². The second kappa shape index (κ2) is 134. The average molecular weight is 939 g/mol. The minimum absolute atomic E-state index is 0. The third-order valence-corrected chi connectivity index (χ3v) is 0. The molecule has 0 rings (SSSR count). The smallest absolute Gasteiger partial charge is 0.696 e. The first-order valence-electron chi connectivity index (χ1n) is 2.57. The zero-order valence-electron chi connectivity index (χ0n) is 11.5. The van der Waals surface area contributed by atoms with Crippen molar-refractivity contribution in [1.29, 1.82) is 31.6 Å². The standard InChI is InChI=1S/6CHNS.3Cs.Ir/c6*2-1-3;;;;/h6*3H;;;;/q;;;;;;3*+1;+3/p-6. The van der Waals surface area contributed by atoms with Gasteiger partial charge in [-0.05, 0) is 0 Å². The number of hydrogen-bond acceptors (Lipinski definition) is 12. The zero-order valence-corrected chi connectivity index (χ0v) is 37.6. The molecule has 0 bridgehead atoms. The van der Waals surface area contributed by atoms with E-state index in [4.69, 9.17) is 31.6 Å². The molecule has 6 nitrogen and oxygen atoms in total. The first kappa shape index (κ1) is 63.1. The summed E-state index contributed by atoms with van der Waals surface area (Å²) in [6.07, 6.45) is 0. The van der Waals surface area contributed by atoms with E-state index < -0.39 is 0 Å². The van der Waals surface area contributed by atoms with Crippen molar-refractivity contribution in [3.05, 3.63) is 0 Å². The Labute approximate surface area is 354 Å². The van der Waals surface area contributed by atoms with Crippen LogP contribution in [0.3, 0.4) is 0 Å². The van der Waals surface area contributed by atoms with Crippen LogP contribution in [0.2, 0.25) is 0 Å². The molecule has 0 fully saturated rings. The maximum absolute atomic E-state index is 7.13. The zero-order chi connectivity index (χ0) is 16.2. The van der Waals surface area contributed by atoms with Crippen LogP contribution in [-0.2, 0) is 95.9 Å². The molecule has 0 saturated heterocycles. The van der Waals surface area contributed by atoms with E-state index in [1.807, 2.05) is 0 Å². The molecule has 0 aromatic rings. The molecule has 0 aromatic heterocycles. The maximum atomic E-state index is 7.13. The van der Waals surface area contributed by atoms with Crippen LogP contribution in [0.4, 0.5) is 0 Å². The third-order valence-electron chi connectivity index (χ3n) is 0. The molecule has 0 unspecified atom stereocenters. The van der Waals surface area contributed by atoms with Gasteiger partial charge in [0.2, 0.25) is 0 Å². The van der Waals surface area contributed by atoms with Gasteiger partial charge in [0.05, 0.1) is 0 Å². The molecule has 0 radical (unpaired) electrons. The van der Waals surface area contributed by atoms with Gasteiger partial charge in [0.25, 0.3) is 0 Å². The Hall–Kier alpha value is 5.07. The molecule has 0 heterocycles. The van der Waals surface area contributed by atoms with Gasteiger partial charge in [-0.1, -0.05) is 32.4 Å². The van der Waals surface area contributed by atoms with Crippen LogP contribution < -0.4 is 207 Å². The Balaban J connectivity index is -0.00000000947. The summed E-state index contributed by atoms with van der Waals surface area (Å²) in [7, 11) is 0. The number of nitriles is 6. The largest absolute Gasteiger partial charge is 3.00 e. The topological polar surface area (TPSA) is 143 Å². The van der Waals surface area contributed by atoms with Crippen molar-refractivity contribution in [1.82, 2.24) is 0 Å². The van der Waals surface area contributed by atoms with Crippen LogP contribution in [-0.4, -0.2) is 0 Å². The van der Waals surface area contributed by atoms with Crippen LogP contribution in [0.25, 0.3) is 0 Å². The maximum Gasteiger partial charge on any atom is 3.00 e. The number of thiocyanates is 6. The van der Waals surface area contributed by atoms with Crippen molar-refractivity contribution < 1.29 is 227 Å².